The van der Waals surface area contributed by atoms with Crippen LogP contribution < -0.4 is 5.32 Å². The van der Waals surface area contributed by atoms with Crippen LogP contribution >= 0.6 is 0 Å². The van der Waals surface area contributed by atoms with Crippen molar-refractivity contribution < 1.29 is 5.11 Å². The molecule has 3 nitrogen and oxygen atoms in total. The third kappa shape index (κ3) is 2.98. The molecule has 3 aliphatic carbocycles. The molecular formula is C16H30N2O. The maximum absolute atomic E-state index is 9.92. The molecule has 110 valence electrons. The second kappa shape index (κ2) is 5.71. The zero-order valence-corrected chi connectivity index (χ0v) is 12.4. The average Bonchev–Trinajstić information content (AvgIpc) is 3.04. The van der Waals surface area contributed by atoms with Crippen LogP contribution in [-0.4, -0.2) is 47.8 Å². The van der Waals surface area contributed by atoms with Gasteiger partial charge in [-0.25, -0.2) is 0 Å². The molecule has 2 atom stereocenters. The summed E-state index contributed by atoms with van der Waals surface area (Å²) in [5, 5.41) is 13.7. The van der Waals surface area contributed by atoms with E-state index in [4.69, 9.17) is 0 Å². The largest absolute Gasteiger partial charge is 0.394 e. The van der Waals surface area contributed by atoms with E-state index in [0.29, 0.717) is 18.6 Å². The van der Waals surface area contributed by atoms with Gasteiger partial charge in [0.2, 0.25) is 0 Å². The molecule has 0 spiro atoms. The maximum Gasteiger partial charge on any atom is 0.0616 e. The summed E-state index contributed by atoms with van der Waals surface area (Å²) in [5.74, 6) is 0.681. The van der Waals surface area contributed by atoms with Crippen molar-refractivity contribution >= 4 is 0 Å². The van der Waals surface area contributed by atoms with Crippen molar-refractivity contribution in [2.75, 3.05) is 20.2 Å². The molecule has 3 heteroatoms. The topological polar surface area (TPSA) is 35.5 Å². The van der Waals surface area contributed by atoms with Gasteiger partial charge in [0, 0.05) is 17.6 Å². The maximum atomic E-state index is 9.92. The van der Waals surface area contributed by atoms with Crippen LogP contribution in [0, 0.1) is 5.92 Å². The van der Waals surface area contributed by atoms with Gasteiger partial charge in [-0.2, -0.15) is 0 Å². The molecule has 0 heterocycles. The lowest BCUT2D eigenvalue weighted by Gasteiger charge is -2.39. The molecule has 3 saturated carbocycles. The Balaban J connectivity index is 1.52. The summed E-state index contributed by atoms with van der Waals surface area (Å²) in [6.07, 6.45) is 11.9. The van der Waals surface area contributed by atoms with Crippen molar-refractivity contribution in [3.8, 4) is 0 Å². The van der Waals surface area contributed by atoms with Crippen LogP contribution in [-0.2, 0) is 0 Å². The summed E-state index contributed by atoms with van der Waals surface area (Å²) in [5.41, 5.74) is 0.0572. The third-order valence-electron chi connectivity index (χ3n) is 5.84. The SMILES string of the molecule is CN(CCC1CCCC1(CO)NC1CC1)C1CCC1. The Labute approximate surface area is 117 Å². The molecule has 2 N–H and O–H groups in total. The van der Waals surface area contributed by atoms with Crippen LogP contribution in [0.25, 0.3) is 0 Å². The van der Waals surface area contributed by atoms with E-state index in [1.165, 1.54) is 64.3 Å². The molecule has 0 aromatic heterocycles. The normalized spacial score (nSPS) is 35.8. The van der Waals surface area contributed by atoms with Gasteiger partial charge in [-0.05, 0) is 64.5 Å². The van der Waals surface area contributed by atoms with E-state index < -0.39 is 0 Å². The van der Waals surface area contributed by atoms with Crippen molar-refractivity contribution in [1.29, 1.82) is 0 Å². The van der Waals surface area contributed by atoms with Crippen molar-refractivity contribution in [2.24, 2.45) is 5.92 Å². The molecule has 3 rings (SSSR count). The van der Waals surface area contributed by atoms with Crippen molar-refractivity contribution in [2.45, 2.75) is 75.4 Å². The molecule has 2 unspecified atom stereocenters. The lowest BCUT2D eigenvalue weighted by molar-refractivity contribution is 0.0977. The van der Waals surface area contributed by atoms with Crippen molar-refractivity contribution in [3.05, 3.63) is 0 Å². The van der Waals surface area contributed by atoms with E-state index >= 15 is 0 Å². The predicted octanol–water partition coefficient (Wildman–Crippen LogP) is 2.14. The summed E-state index contributed by atoms with van der Waals surface area (Å²) in [6, 6.07) is 1.55. The number of rotatable bonds is 7. The van der Waals surface area contributed by atoms with E-state index in [1.807, 2.05) is 0 Å². The van der Waals surface area contributed by atoms with Gasteiger partial charge >= 0.3 is 0 Å². The van der Waals surface area contributed by atoms with Gasteiger partial charge in [0.15, 0.2) is 0 Å². The Morgan fingerprint density at radius 3 is 2.53 bits per heavy atom. The lowest BCUT2D eigenvalue weighted by atomic mass is 9.84. The molecule has 0 aromatic rings. The molecular weight excluding hydrogens is 236 g/mol. The number of aliphatic hydroxyl groups is 1. The van der Waals surface area contributed by atoms with Gasteiger partial charge < -0.3 is 15.3 Å². The van der Waals surface area contributed by atoms with Gasteiger partial charge in [-0.3, -0.25) is 0 Å². The molecule has 0 radical (unpaired) electrons. The predicted molar refractivity (Wildman–Crippen MR) is 78.2 cm³/mol. The molecule has 0 saturated heterocycles. The number of hydrogen-bond donors (Lipinski definition) is 2. The van der Waals surface area contributed by atoms with Crippen LogP contribution in [0.3, 0.4) is 0 Å². The summed E-state index contributed by atoms with van der Waals surface area (Å²) in [6.45, 7) is 1.55. The third-order valence-corrected chi connectivity index (χ3v) is 5.84. The molecule has 0 bridgehead atoms. The molecule has 0 amide bonds. The van der Waals surface area contributed by atoms with Crippen LogP contribution in [0.5, 0.6) is 0 Å². The first-order valence-corrected chi connectivity index (χ1v) is 8.32. The summed E-state index contributed by atoms with van der Waals surface area (Å²) >= 11 is 0. The van der Waals surface area contributed by atoms with Gasteiger partial charge in [-0.15, -0.1) is 0 Å². The molecule has 0 aliphatic heterocycles. The zero-order valence-electron chi connectivity index (χ0n) is 12.4. The zero-order chi connectivity index (χ0) is 13.3. The lowest BCUT2D eigenvalue weighted by Crippen LogP contribution is -2.53. The Hall–Kier alpha value is -0.120. The Morgan fingerprint density at radius 1 is 1.16 bits per heavy atom. The fraction of sp³-hybridized carbons (Fsp3) is 1.00. The minimum Gasteiger partial charge on any atom is -0.394 e. The second-order valence-corrected chi connectivity index (χ2v) is 7.18. The molecule has 19 heavy (non-hydrogen) atoms. The quantitative estimate of drug-likeness (QED) is 0.741. The molecule has 3 fully saturated rings. The van der Waals surface area contributed by atoms with E-state index in [0.717, 1.165) is 6.04 Å². The van der Waals surface area contributed by atoms with Crippen molar-refractivity contribution in [1.82, 2.24) is 10.2 Å². The highest BCUT2D eigenvalue weighted by atomic mass is 16.3. The second-order valence-electron chi connectivity index (χ2n) is 7.18. The summed E-state index contributed by atoms with van der Waals surface area (Å²) < 4.78 is 0. The highest BCUT2D eigenvalue weighted by molar-refractivity contribution is 5.03. The Bertz CT molecular complexity index is 301. The van der Waals surface area contributed by atoms with Crippen molar-refractivity contribution in [3.63, 3.8) is 0 Å². The number of nitrogens with zero attached hydrogens (tertiary/aromatic N) is 1. The first-order chi connectivity index (χ1) is 9.23. The van der Waals surface area contributed by atoms with Crippen LogP contribution in [0.1, 0.15) is 57.8 Å². The molecule has 0 aromatic carbocycles. The minimum absolute atomic E-state index is 0.0572. The standard InChI is InChI=1S/C16H30N2O/c1-18(15-5-2-6-15)11-9-13-4-3-10-16(13,12-19)17-14-7-8-14/h13-15,17,19H,2-12H2,1H3. The number of nitrogens with one attached hydrogen (secondary N) is 1. The van der Waals surface area contributed by atoms with Gasteiger partial charge in [-0.1, -0.05) is 12.8 Å². The van der Waals surface area contributed by atoms with Gasteiger partial charge in [0.25, 0.3) is 0 Å². The summed E-state index contributed by atoms with van der Waals surface area (Å²) in [7, 11) is 2.29. The average molecular weight is 266 g/mol. The van der Waals surface area contributed by atoms with Crippen LogP contribution in [0.4, 0.5) is 0 Å². The fourth-order valence-corrected chi connectivity index (χ4v) is 4.01. The van der Waals surface area contributed by atoms with E-state index in [9.17, 15) is 5.11 Å². The van der Waals surface area contributed by atoms with E-state index in [1.54, 1.807) is 0 Å². The van der Waals surface area contributed by atoms with Crippen LogP contribution in [0.15, 0.2) is 0 Å². The highest BCUT2D eigenvalue weighted by Crippen LogP contribution is 2.40. The minimum atomic E-state index is 0.0572. The monoisotopic (exact) mass is 266 g/mol. The first kappa shape index (κ1) is 13.8. The Kier molecular flexibility index (Phi) is 4.16. The van der Waals surface area contributed by atoms with Gasteiger partial charge in [0.1, 0.15) is 0 Å². The molecule has 3 aliphatic rings. The Morgan fingerprint density at radius 2 is 1.95 bits per heavy atom. The van der Waals surface area contributed by atoms with E-state index in [-0.39, 0.29) is 5.54 Å². The van der Waals surface area contributed by atoms with Crippen LogP contribution in [0.2, 0.25) is 0 Å². The number of aliphatic hydroxyl groups excluding tert-OH is 1. The fourth-order valence-electron chi connectivity index (χ4n) is 4.01. The van der Waals surface area contributed by atoms with E-state index in [2.05, 4.69) is 17.3 Å². The first-order valence-electron chi connectivity index (χ1n) is 8.32. The smallest absolute Gasteiger partial charge is 0.0616 e. The highest BCUT2D eigenvalue weighted by Gasteiger charge is 2.45. The number of hydrogen-bond acceptors (Lipinski definition) is 3. The van der Waals surface area contributed by atoms with Gasteiger partial charge in [0.05, 0.1) is 6.61 Å². The summed E-state index contributed by atoms with van der Waals surface area (Å²) in [4.78, 5) is 2.56.